The SMILES string of the molecule is CCCCC(CC)CNC(=O)COc1ccc(C(C)C)cc1. The first-order valence-corrected chi connectivity index (χ1v) is 8.56. The summed E-state index contributed by atoms with van der Waals surface area (Å²) in [4.78, 5) is 11.8. The van der Waals surface area contributed by atoms with E-state index in [9.17, 15) is 4.79 Å². The summed E-state index contributed by atoms with van der Waals surface area (Å²) in [6, 6.07) is 7.96. The maximum atomic E-state index is 11.8. The summed E-state index contributed by atoms with van der Waals surface area (Å²) < 4.78 is 5.54. The van der Waals surface area contributed by atoms with Gasteiger partial charge in [-0.15, -0.1) is 0 Å². The van der Waals surface area contributed by atoms with Gasteiger partial charge in [0.25, 0.3) is 5.91 Å². The van der Waals surface area contributed by atoms with Crippen LogP contribution in [0, 0.1) is 5.92 Å². The topological polar surface area (TPSA) is 38.3 Å². The van der Waals surface area contributed by atoms with Crippen LogP contribution in [0.25, 0.3) is 0 Å². The largest absolute Gasteiger partial charge is 0.484 e. The van der Waals surface area contributed by atoms with Crippen molar-refractivity contribution in [1.82, 2.24) is 5.32 Å². The number of rotatable bonds is 10. The van der Waals surface area contributed by atoms with Crippen molar-refractivity contribution in [2.75, 3.05) is 13.2 Å². The molecule has 0 aliphatic rings. The van der Waals surface area contributed by atoms with E-state index in [1.807, 2.05) is 12.1 Å². The van der Waals surface area contributed by atoms with E-state index in [4.69, 9.17) is 4.74 Å². The average molecular weight is 305 g/mol. The van der Waals surface area contributed by atoms with Crippen molar-refractivity contribution >= 4 is 5.91 Å². The molecule has 0 fully saturated rings. The molecule has 0 radical (unpaired) electrons. The Balaban J connectivity index is 2.30. The van der Waals surface area contributed by atoms with E-state index < -0.39 is 0 Å². The molecular formula is C19H31NO2. The molecule has 22 heavy (non-hydrogen) atoms. The van der Waals surface area contributed by atoms with E-state index in [0.717, 1.165) is 18.7 Å². The third-order valence-electron chi connectivity index (χ3n) is 4.05. The van der Waals surface area contributed by atoms with Crippen LogP contribution < -0.4 is 10.1 Å². The Morgan fingerprint density at radius 2 is 1.86 bits per heavy atom. The van der Waals surface area contributed by atoms with Crippen LogP contribution in [0.2, 0.25) is 0 Å². The zero-order chi connectivity index (χ0) is 16.4. The summed E-state index contributed by atoms with van der Waals surface area (Å²) in [5.74, 6) is 1.79. The van der Waals surface area contributed by atoms with Gasteiger partial charge in [0.2, 0.25) is 0 Å². The van der Waals surface area contributed by atoms with Crippen molar-refractivity contribution in [3.8, 4) is 5.75 Å². The summed E-state index contributed by atoms with van der Waals surface area (Å²) in [5.41, 5.74) is 1.28. The van der Waals surface area contributed by atoms with Crippen molar-refractivity contribution in [3.63, 3.8) is 0 Å². The maximum Gasteiger partial charge on any atom is 0.257 e. The van der Waals surface area contributed by atoms with E-state index in [-0.39, 0.29) is 12.5 Å². The number of amides is 1. The number of carbonyl (C=O) groups excluding carboxylic acids is 1. The Labute approximate surface area is 135 Å². The number of unbranched alkanes of at least 4 members (excludes halogenated alkanes) is 1. The second-order valence-electron chi connectivity index (χ2n) is 6.23. The Bertz CT molecular complexity index is 426. The minimum Gasteiger partial charge on any atom is -0.484 e. The second kappa shape index (κ2) is 10.3. The molecule has 1 unspecified atom stereocenters. The van der Waals surface area contributed by atoms with Crippen LogP contribution in [-0.4, -0.2) is 19.1 Å². The second-order valence-corrected chi connectivity index (χ2v) is 6.23. The molecule has 3 heteroatoms. The molecule has 0 spiro atoms. The van der Waals surface area contributed by atoms with Gasteiger partial charge in [0.1, 0.15) is 5.75 Å². The monoisotopic (exact) mass is 305 g/mol. The predicted molar refractivity (Wildman–Crippen MR) is 92.3 cm³/mol. The lowest BCUT2D eigenvalue weighted by molar-refractivity contribution is -0.123. The van der Waals surface area contributed by atoms with Gasteiger partial charge in [-0.25, -0.2) is 0 Å². The van der Waals surface area contributed by atoms with Crippen LogP contribution in [0.3, 0.4) is 0 Å². The smallest absolute Gasteiger partial charge is 0.257 e. The fourth-order valence-electron chi connectivity index (χ4n) is 2.35. The fourth-order valence-corrected chi connectivity index (χ4v) is 2.35. The van der Waals surface area contributed by atoms with E-state index in [0.29, 0.717) is 11.8 Å². The molecule has 0 heterocycles. The average Bonchev–Trinajstić information content (AvgIpc) is 2.53. The van der Waals surface area contributed by atoms with Gasteiger partial charge < -0.3 is 10.1 Å². The fraction of sp³-hybridized carbons (Fsp3) is 0.632. The Kier molecular flexibility index (Phi) is 8.64. The van der Waals surface area contributed by atoms with Crippen molar-refractivity contribution in [3.05, 3.63) is 29.8 Å². The number of carbonyl (C=O) groups is 1. The standard InChI is InChI=1S/C19H31NO2/c1-5-7-8-16(6-2)13-20-19(21)14-22-18-11-9-17(10-12-18)15(3)4/h9-12,15-16H,5-8,13-14H2,1-4H3,(H,20,21). The molecule has 1 amide bonds. The molecule has 1 rings (SSSR count). The molecule has 1 aromatic carbocycles. The molecule has 0 saturated heterocycles. The predicted octanol–water partition coefficient (Wildman–Crippen LogP) is 4.52. The normalized spacial score (nSPS) is 12.2. The minimum absolute atomic E-state index is 0.0390. The van der Waals surface area contributed by atoms with Gasteiger partial charge in [-0.05, 0) is 36.0 Å². The minimum atomic E-state index is -0.0390. The molecule has 0 bridgehead atoms. The molecule has 0 aliphatic heterocycles. The Morgan fingerprint density at radius 3 is 2.41 bits per heavy atom. The highest BCUT2D eigenvalue weighted by molar-refractivity contribution is 5.77. The zero-order valence-corrected chi connectivity index (χ0v) is 14.5. The van der Waals surface area contributed by atoms with Crippen molar-refractivity contribution < 1.29 is 9.53 Å². The summed E-state index contributed by atoms with van der Waals surface area (Å²) in [6.07, 6.45) is 4.73. The molecule has 1 aromatic rings. The number of nitrogens with one attached hydrogen (secondary N) is 1. The van der Waals surface area contributed by atoms with Crippen LogP contribution in [0.5, 0.6) is 5.75 Å². The van der Waals surface area contributed by atoms with Gasteiger partial charge in [0.05, 0.1) is 0 Å². The van der Waals surface area contributed by atoms with Gasteiger partial charge in [-0.1, -0.05) is 59.1 Å². The lowest BCUT2D eigenvalue weighted by Crippen LogP contribution is -2.33. The highest BCUT2D eigenvalue weighted by atomic mass is 16.5. The first kappa shape index (κ1) is 18.5. The van der Waals surface area contributed by atoms with E-state index in [2.05, 4.69) is 45.1 Å². The lowest BCUT2D eigenvalue weighted by atomic mass is 9.99. The van der Waals surface area contributed by atoms with Gasteiger partial charge in [-0.3, -0.25) is 4.79 Å². The van der Waals surface area contributed by atoms with Crippen LogP contribution in [-0.2, 0) is 4.79 Å². The molecular weight excluding hydrogens is 274 g/mol. The maximum absolute atomic E-state index is 11.8. The number of ether oxygens (including phenoxy) is 1. The van der Waals surface area contributed by atoms with E-state index in [1.54, 1.807) is 0 Å². The van der Waals surface area contributed by atoms with E-state index in [1.165, 1.54) is 24.8 Å². The van der Waals surface area contributed by atoms with Crippen molar-refractivity contribution in [2.45, 2.75) is 59.3 Å². The number of benzene rings is 1. The molecule has 1 atom stereocenters. The highest BCUT2D eigenvalue weighted by Crippen LogP contribution is 2.18. The number of hydrogen-bond acceptors (Lipinski definition) is 2. The van der Waals surface area contributed by atoms with Crippen molar-refractivity contribution in [2.24, 2.45) is 5.92 Å². The molecule has 0 aromatic heterocycles. The first-order valence-electron chi connectivity index (χ1n) is 8.56. The summed E-state index contributed by atoms with van der Waals surface area (Å²) in [5, 5.41) is 2.98. The number of hydrogen-bond donors (Lipinski definition) is 1. The summed E-state index contributed by atoms with van der Waals surface area (Å²) in [6.45, 7) is 9.54. The quantitative estimate of drug-likeness (QED) is 0.690. The molecule has 124 valence electrons. The lowest BCUT2D eigenvalue weighted by Gasteiger charge is -2.15. The zero-order valence-electron chi connectivity index (χ0n) is 14.5. The molecule has 0 aliphatic carbocycles. The van der Waals surface area contributed by atoms with Crippen LogP contribution in [0.1, 0.15) is 64.9 Å². The van der Waals surface area contributed by atoms with Crippen molar-refractivity contribution in [1.29, 1.82) is 0 Å². The Morgan fingerprint density at radius 1 is 1.18 bits per heavy atom. The Hall–Kier alpha value is -1.51. The van der Waals surface area contributed by atoms with Gasteiger partial charge in [-0.2, -0.15) is 0 Å². The summed E-state index contributed by atoms with van der Waals surface area (Å²) >= 11 is 0. The first-order chi connectivity index (χ1) is 10.6. The molecule has 0 saturated carbocycles. The van der Waals surface area contributed by atoms with Crippen LogP contribution in [0.4, 0.5) is 0 Å². The van der Waals surface area contributed by atoms with Gasteiger partial charge in [0, 0.05) is 6.54 Å². The highest BCUT2D eigenvalue weighted by Gasteiger charge is 2.09. The van der Waals surface area contributed by atoms with E-state index >= 15 is 0 Å². The van der Waals surface area contributed by atoms with Gasteiger partial charge in [0.15, 0.2) is 6.61 Å². The molecule has 3 nitrogen and oxygen atoms in total. The van der Waals surface area contributed by atoms with Crippen LogP contribution >= 0.6 is 0 Å². The summed E-state index contributed by atoms with van der Waals surface area (Å²) in [7, 11) is 0. The third-order valence-corrected chi connectivity index (χ3v) is 4.05. The van der Waals surface area contributed by atoms with Gasteiger partial charge >= 0.3 is 0 Å². The molecule has 1 N–H and O–H groups in total. The van der Waals surface area contributed by atoms with Crippen LogP contribution in [0.15, 0.2) is 24.3 Å². The third kappa shape index (κ3) is 6.97.